The Morgan fingerprint density at radius 2 is 1.97 bits per heavy atom. The van der Waals surface area contributed by atoms with E-state index in [1.165, 1.54) is 44.3 Å². The van der Waals surface area contributed by atoms with Crippen LogP contribution in [0.25, 0.3) is 10.2 Å². The van der Waals surface area contributed by atoms with Crippen LogP contribution >= 0.6 is 11.3 Å². The van der Waals surface area contributed by atoms with Crippen molar-refractivity contribution in [1.29, 1.82) is 0 Å². The fraction of sp³-hybridized carbons (Fsp3) is 0.455. The third-order valence-electron chi connectivity index (χ3n) is 5.61. The highest BCUT2D eigenvalue weighted by Crippen LogP contribution is 2.41. The summed E-state index contributed by atoms with van der Waals surface area (Å²) in [4.78, 5) is 25.5. The first kappa shape index (κ1) is 19.9. The summed E-state index contributed by atoms with van der Waals surface area (Å²) >= 11 is 1.69. The number of aromatic nitrogens is 3. The molecular formula is C22H26N4O2S. The first-order chi connectivity index (χ1) is 13.8. The summed E-state index contributed by atoms with van der Waals surface area (Å²) in [5.41, 5.74) is 1.20. The van der Waals surface area contributed by atoms with Crippen LogP contribution in [0.2, 0.25) is 0 Å². The van der Waals surface area contributed by atoms with Crippen molar-refractivity contribution in [2.75, 3.05) is 5.32 Å². The van der Waals surface area contributed by atoms with Gasteiger partial charge in [-0.2, -0.15) is 0 Å². The Labute approximate surface area is 174 Å². The minimum absolute atomic E-state index is 0.232. The van der Waals surface area contributed by atoms with E-state index in [1.807, 2.05) is 12.1 Å². The number of carbonyl (C=O) groups excluding carboxylic acids is 1. The molecule has 3 aromatic rings. The Morgan fingerprint density at radius 1 is 1.21 bits per heavy atom. The lowest BCUT2D eigenvalue weighted by atomic mass is 9.83. The van der Waals surface area contributed by atoms with Crippen LogP contribution in [-0.2, 0) is 5.60 Å². The Morgan fingerprint density at radius 3 is 2.62 bits per heavy atom. The normalized spacial score (nSPS) is 20.0. The predicted molar refractivity (Wildman–Crippen MR) is 115 cm³/mol. The molecule has 4 rings (SSSR count). The molecule has 0 spiro atoms. The number of anilines is 1. The highest BCUT2D eigenvalue weighted by Gasteiger charge is 2.26. The number of hydrogen-bond acceptors (Lipinski definition) is 6. The van der Waals surface area contributed by atoms with Gasteiger partial charge in [0.15, 0.2) is 0 Å². The monoisotopic (exact) mass is 410 g/mol. The van der Waals surface area contributed by atoms with E-state index in [0.717, 1.165) is 21.1 Å². The predicted octanol–water partition coefficient (Wildman–Crippen LogP) is 4.86. The van der Waals surface area contributed by atoms with Crippen molar-refractivity contribution in [3.63, 3.8) is 0 Å². The van der Waals surface area contributed by atoms with E-state index in [2.05, 4.69) is 22.2 Å². The van der Waals surface area contributed by atoms with Crippen molar-refractivity contribution in [1.82, 2.24) is 15.0 Å². The van der Waals surface area contributed by atoms with Crippen LogP contribution in [0.4, 0.5) is 5.69 Å². The summed E-state index contributed by atoms with van der Waals surface area (Å²) in [7, 11) is 0. The van der Waals surface area contributed by atoms with Crippen LogP contribution in [0.5, 0.6) is 0 Å². The fourth-order valence-electron chi connectivity index (χ4n) is 3.89. The van der Waals surface area contributed by atoms with Gasteiger partial charge in [-0.25, -0.2) is 9.97 Å². The van der Waals surface area contributed by atoms with E-state index >= 15 is 0 Å². The Kier molecular flexibility index (Phi) is 5.36. The second-order valence-corrected chi connectivity index (χ2v) is 9.54. The number of aliphatic hydroxyl groups is 1. The van der Waals surface area contributed by atoms with Crippen molar-refractivity contribution >= 4 is 33.1 Å². The number of rotatable bonds is 4. The minimum atomic E-state index is -1.12. The number of amides is 1. The maximum Gasteiger partial charge on any atom is 0.275 e. The Bertz CT molecular complexity index is 1020. The third-order valence-corrected chi connectivity index (χ3v) is 6.79. The number of benzene rings is 1. The molecule has 2 aromatic heterocycles. The van der Waals surface area contributed by atoms with Crippen LogP contribution in [0.15, 0.2) is 30.7 Å². The number of hydrogen-bond donors (Lipinski definition) is 2. The molecule has 1 fully saturated rings. The van der Waals surface area contributed by atoms with Crippen molar-refractivity contribution < 1.29 is 9.90 Å². The highest BCUT2D eigenvalue weighted by molar-refractivity contribution is 7.18. The standard InChI is InChI=1S/C22H26N4O2S/c1-13-4-6-14(7-5-13)21-26-17-10-15(22(2,3)28)16(11-19(17)29-21)25-20(27)18-12-23-8-9-24-18/h8-14,28H,4-7H2,1-3H3,(H,25,27)/t13-,14-. The molecule has 0 saturated heterocycles. The average Bonchev–Trinajstić information content (AvgIpc) is 3.11. The molecule has 0 bridgehead atoms. The lowest BCUT2D eigenvalue weighted by Gasteiger charge is -2.24. The van der Waals surface area contributed by atoms with E-state index in [1.54, 1.807) is 25.2 Å². The van der Waals surface area contributed by atoms with Gasteiger partial charge in [0, 0.05) is 29.6 Å². The van der Waals surface area contributed by atoms with Crippen molar-refractivity contribution in [2.45, 2.75) is 58.0 Å². The van der Waals surface area contributed by atoms with Crippen molar-refractivity contribution in [2.24, 2.45) is 5.92 Å². The van der Waals surface area contributed by atoms with Gasteiger partial charge in [0.05, 0.1) is 27.0 Å². The average molecular weight is 411 g/mol. The van der Waals surface area contributed by atoms with Gasteiger partial charge in [0.1, 0.15) is 5.69 Å². The lowest BCUT2D eigenvalue weighted by molar-refractivity contribution is 0.0794. The first-order valence-corrected chi connectivity index (χ1v) is 10.9. The smallest absolute Gasteiger partial charge is 0.275 e. The van der Waals surface area contributed by atoms with Crippen molar-refractivity contribution in [3.8, 4) is 0 Å². The highest BCUT2D eigenvalue weighted by atomic mass is 32.1. The molecule has 0 atom stereocenters. The summed E-state index contributed by atoms with van der Waals surface area (Å²) < 4.78 is 1.01. The number of fused-ring (bicyclic) bond motifs is 1. The molecule has 1 aliphatic carbocycles. The summed E-state index contributed by atoms with van der Waals surface area (Å²) in [6.45, 7) is 5.74. The first-order valence-electron chi connectivity index (χ1n) is 10.1. The molecule has 1 amide bonds. The molecule has 7 heteroatoms. The molecule has 152 valence electrons. The van der Waals surface area contributed by atoms with Gasteiger partial charge in [-0.15, -0.1) is 11.3 Å². The topological polar surface area (TPSA) is 88.0 Å². The molecule has 6 nitrogen and oxygen atoms in total. The summed E-state index contributed by atoms with van der Waals surface area (Å²) in [6.07, 6.45) is 9.27. The fourth-order valence-corrected chi connectivity index (χ4v) is 5.04. The van der Waals surface area contributed by atoms with Gasteiger partial charge in [0.25, 0.3) is 5.91 Å². The van der Waals surface area contributed by atoms with Gasteiger partial charge < -0.3 is 10.4 Å². The molecule has 0 unspecified atom stereocenters. The number of thiazole rings is 1. The third kappa shape index (κ3) is 4.31. The van der Waals surface area contributed by atoms with Crippen LogP contribution in [-0.4, -0.2) is 26.0 Å². The number of carbonyl (C=O) groups is 1. The molecule has 0 aliphatic heterocycles. The van der Waals surface area contributed by atoms with E-state index in [9.17, 15) is 9.90 Å². The van der Waals surface area contributed by atoms with Crippen LogP contribution < -0.4 is 5.32 Å². The Hall–Kier alpha value is -2.38. The largest absolute Gasteiger partial charge is 0.386 e. The van der Waals surface area contributed by atoms with Gasteiger partial charge in [-0.1, -0.05) is 19.8 Å². The zero-order chi connectivity index (χ0) is 20.6. The van der Waals surface area contributed by atoms with Gasteiger partial charge in [0.2, 0.25) is 0 Å². The SMILES string of the molecule is CC(C)(O)c1cc2nc([C@H]3CC[C@H](C)CC3)sc2cc1NC(=O)c1cnccn1. The van der Waals surface area contributed by atoms with E-state index in [4.69, 9.17) is 4.98 Å². The lowest BCUT2D eigenvalue weighted by Crippen LogP contribution is -2.21. The number of nitrogens with one attached hydrogen (secondary N) is 1. The quantitative estimate of drug-likeness (QED) is 0.641. The van der Waals surface area contributed by atoms with Gasteiger partial charge in [-0.05, 0) is 44.7 Å². The summed E-state index contributed by atoms with van der Waals surface area (Å²) in [5.74, 6) is 0.950. The molecular weight excluding hydrogens is 384 g/mol. The molecule has 2 N–H and O–H groups in total. The summed E-state index contributed by atoms with van der Waals surface area (Å²) in [5, 5.41) is 14.7. The van der Waals surface area contributed by atoms with Gasteiger partial charge >= 0.3 is 0 Å². The molecule has 1 saturated carbocycles. The van der Waals surface area contributed by atoms with Crippen LogP contribution in [0.3, 0.4) is 0 Å². The molecule has 1 aromatic carbocycles. The molecule has 2 heterocycles. The number of nitrogens with zero attached hydrogens (tertiary/aromatic N) is 3. The van der Waals surface area contributed by atoms with Crippen LogP contribution in [0, 0.1) is 5.92 Å². The maximum atomic E-state index is 12.6. The van der Waals surface area contributed by atoms with Crippen LogP contribution in [0.1, 0.15) is 73.4 Å². The molecule has 29 heavy (non-hydrogen) atoms. The Balaban J connectivity index is 1.69. The second-order valence-electron chi connectivity index (χ2n) is 8.48. The van der Waals surface area contributed by atoms with E-state index < -0.39 is 5.60 Å². The molecule has 0 radical (unpaired) electrons. The summed E-state index contributed by atoms with van der Waals surface area (Å²) in [6, 6.07) is 3.82. The van der Waals surface area contributed by atoms with E-state index in [0.29, 0.717) is 17.2 Å². The molecule has 1 aliphatic rings. The second kappa shape index (κ2) is 7.80. The zero-order valence-electron chi connectivity index (χ0n) is 17.0. The van der Waals surface area contributed by atoms with E-state index in [-0.39, 0.29) is 11.6 Å². The van der Waals surface area contributed by atoms with Gasteiger partial charge in [-0.3, -0.25) is 9.78 Å². The zero-order valence-corrected chi connectivity index (χ0v) is 17.8. The minimum Gasteiger partial charge on any atom is -0.386 e. The van der Waals surface area contributed by atoms with Crippen molar-refractivity contribution in [3.05, 3.63) is 47.0 Å². The maximum absolute atomic E-state index is 12.6.